The van der Waals surface area contributed by atoms with Gasteiger partial charge in [0, 0.05) is 18.7 Å². The Kier molecular flexibility index (Phi) is 6.26. The van der Waals surface area contributed by atoms with E-state index in [4.69, 9.17) is 16.3 Å². The zero-order chi connectivity index (χ0) is 18.4. The summed E-state index contributed by atoms with van der Waals surface area (Å²) in [6, 6.07) is 15.2. The van der Waals surface area contributed by atoms with Crippen LogP contribution in [0, 0.1) is 0 Å². The molecule has 0 spiro atoms. The molecule has 0 aliphatic carbocycles. The molecule has 1 aliphatic heterocycles. The van der Waals surface area contributed by atoms with Crippen molar-refractivity contribution in [1.82, 2.24) is 0 Å². The molecule has 0 unspecified atom stereocenters. The Hall–Kier alpha value is -2.37. The van der Waals surface area contributed by atoms with Crippen molar-refractivity contribution in [2.45, 2.75) is 19.3 Å². The number of benzene rings is 2. The number of rotatable bonds is 7. The topological polar surface area (TPSA) is 58.6 Å². The molecule has 0 bridgehead atoms. The van der Waals surface area contributed by atoms with E-state index in [1.165, 1.54) is 5.56 Å². The molecule has 0 aromatic heterocycles. The Labute approximate surface area is 157 Å². The van der Waals surface area contributed by atoms with Crippen molar-refractivity contribution in [3.05, 3.63) is 59.1 Å². The normalized spacial score (nSPS) is 13.9. The molecule has 5 nitrogen and oxygen atoms in total. The lowest BCUT2D eigenvalue weighted by Gasteiger charge is -2.17. The Morgan fingerprint density at radius 2 is 2.00 bits per heavy atom. The van der Waals surface area contributed by atoms with Gasteiger partial charge in [-0.15, -0.1) is 0 Å². The average Bonchev–Trinajstić information content (AvgIpc) is 3.07. The van der Waals surface area contributed by atoms with Crippen LogP contribution in [-0.4, -0.2) is 31.6 Å². The number of nitrogens with one attached hydrogen (secondary N) is 1. The van der Waals surface area contributed by atoms with Gasteiger partial charge in [-0.1, -0.05) is 41.9 Å². The zero-order valence-electron chi connectivity index (χ0n) is 14.4. The maximum atomic E-state index is 12.1. The summed E-state index contributed by atoms with van der Waals surface area (Å²) < 4.78 is 5.44. The van der Waals surface area contributed by atoms with Crippen molar-refractivity contribution in [3.63, 3.8) is 0 Å². The number of hydrogen-bond donors (Lipinski definition) is 1. The molecule has 2 aromatic rings. The number of halogens is 1. The van der Waals surface area contributed by atoms with E-state index in [-0.39, 0.29) is 18.4 Å². The fraction of sp³-hybridized carbons (Fsp3) is 0.300. The number of carbonyl (C=O) groups excluding carboxylic acids is 2. The number of anilines is 2. The highest BCUT2D eigenvalue weighted by Gasteiger charge is 2.22. The van der Waals surface area contributed by atoms with Crippen LogP contribution in [0.1, 0.15) is 18.4 Å². The summed E-state index contributed by atoms with van der Waals surface area (Å²) in [5.41, 5.74) is 2.40. The van der Waals surface area contributed by atoms with E-state index >= 15 is 0 Å². The predicted octanol–water partition coefficient (Wildman–Crippen LogP) is 3.66. The van der Waals surface area contributed by atoms with E-state index in [1.807, 2.05) is 30.3 Å². The molecule has 1 heterocycles. The highest BCUT2D eigenvalue weighted by Crippen LogP contribution is 2.29. The van der Waals surface area contributed by atoms with Crippen molar-refractivity contribution in [2.75, 3.05) is 30.0 Å². The third kappa shape index (κ3) is 4.84. The monoisotopic (exact) mass is 372 g/mol. The molecule has 1 saturated heterocycles. The quantitative estimate of drug-likeness (QED) is 0.754. The van der Waals surface area contributed by atoms with Crippen molar-refractivity contribution in [1.29, 1.82) is 0 Å². The molecule has 2 aromatic carbocycles. The third-order valence-corrected chi connectivity index (χ3v) is 4.55. The second-order valence-electron chi connectivity index (χ2n) is 6.15. The standard InChI is InChI=1S/C20H21ClN2O3/c21-17-9-8-16(23-11-4-7-20(23)25)13-18(17)22-19(24)14-26-12-10-15-5-2-1-3-6-15/h1-3,5-6,8-9,13H,4,7,10-12,14H2,(H,22,24). The van der Waals surface area contributed by atoms with Gasteiger partial charge in [0.05, 0.1) is 17.3 Å². The summed E-state index contributed by atoms with van der Waals surface area (Å²) in [5.74, 6) is -0.182. The lowest BCUT2D eigenvalue weighted by Crippen LogP contribution is -2.24. The van der Waals surface area contributed by atoms with Gasteiger partial charge in [0.1, 0.15) is 6.61 Å². The van der Waals surface area contributed by atoms with Crippen LogP contribution in [0.2, 0.25) is 5.02 Å². The van der Waals surface area contributed by atoms with Gasteiger partial charge in [0.25, 0.3) is 0 Å². The number of nitrogens with zero attached hydrogens (tertiary/aromatic N) is 1. The minimum Gasteiger partial charge on any atom is -0.371 e. The largest absolute Gasteiger partial charge is 0.371 e. The van der Waals surface area contributed by atoms with Crippen LogP contribution in [-0.2, 0) is 20.7 Å². The highest BCUT2D eigenvalue weighted by molar-refractivity contribution is 6.33. The van der Waals surface area contributed by atoms with Crippen LogP contribution in [0.25, 0.3) is 0 Å². The van der Waals surface area contributed by atoms with E-state index in [0.29, 0.717) is 30.3 Å². The van der Waals surface area contributed by atoms with Crippen LogP contribution < -0.4 is 10.2 Å². The zero-order valence-corrected chi connectivity index (χ0v) is 15.2. The molecule has 0 radical (unpaired) electrons. The first-order chi connectivity index (χ1) is 12.6. The van der Waals surface area contributed by atoms with E-state index in [0.717, 1.165) is 18.5 Å². The smallest absolute Gasteiger partial charge is 0.250 e. The van der Waals surface area contributed by atoms with Gasteiger partial charge in [-0.25, -0.2) is 0 Å². The number of hydrogen-bond acceptors (Lipinski definition) is 3. The summed E-state index contributed by atoms with van der Waals surface area (Å²) in [4.78, 5) is 25.7. The fourth-order valence-corrected chi connectivity index (χ4v) is 3.05. The van der Waals surface area contributed by atoms with Crippen LogP contribution in [0.4, 0.5) is 11.4 Å². The molecule has 2 amide bonds. The van der Waals surface area contributed by atoms with Crippen molar-refractivity contribution in [3.8, 4) is 0 Å². The number of carbonyl (C=O) groups is 2. The fourth-order valence-electron chi connectivity index (χ4n) is 2.88. The molecule has 1 fully saturated rings. The summed E-state index contributed by atoms with van der Waals surface area (Å²) in [6.07, 6.45) is 2.15. The Balaban J connectivity index is 1.51. The molecular weight excluding hydrogens is 352 g/mol. The minimum absolute atomic E-state index is 0.0456. The van der Waals surface area contributed by atoms with Crippen LogP contribution in [0.3, 0.4) is 0 Å². The second-order valence-corrected chi connectivity index (χ2v) is 6.56. The molecule has 26 heavy (non-hydrogen) atoms. The van der Waals surface area contributed by atoms with Gasteiger partial charge in [0.2, 0.25) is 11.8 Å². The van der Waals surface area contributed by atoms with Crippen molar-refractivity contribution in [2.24, 2.45) is 0 Å². The lowest BCUT2D eigenvalue weighted by molar-refractivity contribution is -0.120. The lowest BCUT2D eigenvalue weighted by atomic mass is 10.2. The molecule has 136 valence electrons. The first kappa shape index (κ1) is 18.4. The maximum absolute atomic E-state index is 12.1. The molecule has 3 rings (SSSR count). The van der Waals surface area contributed by atoms with E-state index < -0.39 is 0 Å². The first-order valence-electron chi connectivity index (χ1n) is 8.65. The van der Waals surface area contributed by atoms with Gasteiger partial charge < -0.3 is 15.0 Å². The second kappa shape index (κ2) is 8.83. The molecule has 1 N–H and O–H groups in total. The Morgan fingerprint density at radius 3 is 2.73 bits per heavy atom. The molecule has 1 aliphatic rings. The van der Waals surface area contributed by atoms with Gasteiger partial charge in [0.15, 0.2) is 0 Å². The Bertz CT molecular complexity index is 780. The summed E-state index contributed by atoms with van der Waals surface area (Å²) in [6.45, 7) is 1.11. The SMILES string of the molecule is O=C(COCCc1ccccc1)Nc1cc(N2CCCC2=O)ccc1Cl. The molecule has 0 saturated carbocycles. The third-order valence-electron chi connectivity index (χ3n) is 4.22. The van der Waals surface area contributed by atoms with Gasteiger partial charge >= 0.3 is 0 Å². The van der Waals surface area contributed by atoms with Crippen LogP contribution in [0.5, 0.6) is 0 Å². The number of amides is 2. The minimum atomic E-state index is -0.273. The predicted molar refractivity (Wildman–Crippen MR) is 103 cm³/mol. The summed E-state index contributed by atoms with van der Waals surface area (Å²) in [7, 11) is 0. The average molecular weight is 373 g/mol. The summed E-state index contributed by atoms with van der Waals surface area (Å²) >= 11 is 6.17. The number of ether oxygens (including phenoxy) is 1. The first-order valence-corrected chi connectivity index (χ1v) is 9.03. The molecule has 0 atom stereocenters. The maximum Gasteiger partial charge on any atom is 0.250 e. The van der Waals surface area contributed by atoms with Crippen molar-refractivity contribution < 1.29 is 14.3 Å². The van der Waals surface area contributed by atoms with Crippen LogP contribution in [0.15, 0.2) is 48.5 Å². The van der Waals surface area contributed by atoms with Crippen molar-refractivity contribution >= 4 is 34.8 Å². The Morgan fingerprint density at radius 1 is 1.19 bits per heavy atom. The van der Waals surface area contributed by atoms with E-state index in [2.05, 4.69) is 5.32 Å². The van der Waals surface area contributed by atoms with Gasteiger partial charge in [-0.2, -0.15) is 0 Å². The van der Waals surface area contributed by atoms with Crippen LogP contribution >= 0.6 is 11.6 Å². The molecular formula is C20H21ClN2O3. The summed E-state index contributed by atoms with van der Waals surface area (Å²) in [5, 5.41) is 3.18. The van der Waals surface area contributed by atoms with E-state index in [1.54, 1.807) is 23.1 Å². The van der Waals surface area contributed by atoms with Gasteiger partial charge in [-0.05, 0) is 36.6 Å². The highest BCUT2D eigenvalue weighted by atomic mass is 35.5. The van der Waals surface area contributed by atoms with E-state index in [9.17, 15) is 9.59 Å². The van der Waals surface area contributed by atoms with Gasteiger partial charge in [-0.3, -0.25) is 9.59 Å². The molecule has 6 heteroatoms.